The molecule has 3 aromatic heterocycles. The van der Waals surface area contributed by atoms with Crippen molar-refractivity contribution in [3.05, 3.63) is 149 Å². The van der Waals surface area contributed by atoms with Crippen LogP contribution in [0.4, 0.5) is 11.4 Å². The van der Waals surface area contributed by atoms with Gasteiger partial charge < -0.3 is 9.13 Å². The highest BCUT2D eigenvalue weighted by Gasteiger charge is 2.19. The highest BCUT2D eigenvalue weighted by molar-refractivity contribution is 6.12. The third kappa shape index (κ3) is 4.15. The normalized spacial score (nSPS) is 10.8. The van der Waals surface area contributed by atoms with Crippen molar-refractivity contribution >= 4 is 55.0 Å². The minimum Gasteiger partial charge on any atom is -0.309 e. The second-order valence-electron chi connectivity index (χ2n) is 11.2. The molecule has 0 bridgehead atoms. The fraction of sp³-hybridized carbons (Fsp3) is 0. The molecule has 0 spiro atoms. The number of rotatable bonds is 3. The van der Waals surface area contributed by atoms with Gasteiger partial charge in [-0.1, -0.05) is 12.1 Å². The Kier molecular flexibility index (Phi) is 6.22. The van der Waals surface area contributed by atoms with Crippen molar-refractivity contribution in [3.63, 3.8) is 0 Å². The summed E-state index contributed by atoms with van der Waals surface area (Å²) in [6.07, 6.45) is 1.73. The van der Waals surface area contributed by atoms with Gasteiger partial charge in [0, 0.05) is 28.2 Å². The van der Waals surface area contributed by atoms with Crippen molar-refractivity contribution in [2.24, 2.45) is 0 Å². The van der Waals surface area contributed by atoms with E-state index in [2.05, 4.69) is 37.0 Å². The number of nitriles is 3. The summed E-state index contributed by atoms with van der Waals surface area (Å²) in [5.74, 6) is 0. The van der Waals surface area contributed by atoms with Gasteiger partial charge in [-0.25, -0.2) is 9.69 Å². The van der Waals surface area contributed by atoms with Gasteiger partial charge >= 0.3 is 0 Å². The van der Waals surface area contributed by atoms with E-state index in [0.717, 1.165) is 60.5 Å². The molecule has 48 heavy (non-hydrogen) atoms. The van der Waals surface area contributed by atoms with Crippen molar-refractivity contribution in [2.75, 3.05) is 0 Å². The van der Waals surface area contributed by atoms with E-state index in [1.807, 2.05) is 72.8 Å². The second kappa shape index (κ2) is 10.7. The summed E-state index contributed by atoms with van der Waals surface area (Å²) < 4.78 is 4.18. The molecule has 0 amide bonds. The zero-order chi connectivity index (χ0) is 32.9. The first-order chi connectivity index (χ1) is 23.5. The summed E-state index contributed by atoms with van der Waals surface area (Å²) >= 11 is 0. The predicted molar refractivity (Wildman–Crippen MR) is 185 cm³/mol. The van der Waals surface area contributed by atoms with Gasteiger partial charge in [0.1, 0.15) is 0 Å². The minimum atomic E-state index is 0.470. The SMILES string of the molecule is [C-]#[N+]c1ccc2c(c1)c1cc([N+]#[C-])ccc1n2-c1ccc(C#N)cc1-c1cc(-n2c3ccc(C#N)cc3c3cc(C#N)ccc32)ccn1. The third-order valence-corrected chi connectivity index (χ3v) is 8.66. The fourth-order valence-electron chi connectivity index (χ4n) is 6.55. The van der Waals surface area contributed by atoms with Crippen LogP contribution in [-0.4, -0.2) is 14.1 Å². The summed E-state index contributed by atoms with van der Waals surface area (Å²) in [5, 5.41) is 32.6. The van der Waals surface area contributed by atoms with E-state index in [1.165, 1.54) is 0 Å². The van der Waals surface area contributed by atoms with Gasteiger partial charge in [0.25, 0.3) is 0 Å². The van der Waals surface area contributed by atoms with Crippen molar-refractivity contribution < 1.29 is 0 Å². The number of pyridine rings is 1. The quantitative estimate of drug-likeness (QED) is 0.186. The first-order valence-electron chi connectivity index (χ1n) is 14.8. The second-order valence-corrected chi connectivity index (χ2v) is 11.2. The van der Waals surface area contributed by atoms with E-state index < -0.39 is 0 Å². The summed E-state index contributed by atoms with van der Waals surface area (Å²) in [5.41, 5.74) is 8.90. The van der Waals surface area contributed by atoms with Crippen LogP contribution >= 0.6 is 0 Å². The largest absolute Gasteiger partial charge is 0.309 e. The molecule has 0 fully saturated rings. The number of benzene rings is 5. The van der Waals surface area contributed by atoms with E-state index in [1.54, 1.807) is 36.5 Å². The van der Waals surface area contributed by atoms with Crippen LogP contribution in [0.3, 0.4) is 0 Å². The average Bonchev–Trinajstić information content (AvgIpc) is 3.65. The molecule has 8 rings (SSSR count). The Morgan fingerprint density at radius 3 is 1.54 bits per heavy atom. The molecule has 3 heterocycles. The highest BCUT2D eigenvalue weighted by atomic mass is 15.0. The summed E-state index contributed by atoms with van der Waals surface area (Å²) in [7, 11) is 0. The monoisotopic (exact) mass is 610 g/mol. The van der Waals surface area contributed by atoms with Crippen molar-refractivity contribution in [3.8, 4) is 40.8 Å². The third-order valence-electron chi connectivity index (χ3n) is 8.66. The molecule has 8 aromatic rings. The maximum atomic E-state index is 9.93. The van der Waals surface area contributed by atoms with E-state index in [9.17, 15) is 15.8 Å². The van der Waals surface area contributed by atoms with Gasteiger partial charge in [0.05, 0.1) is 81.5 Å². The van der Waals surface area contributed by atoms with Crippen LogP contribution < -0.4 is 0 Å². The Labute approximate surface area is 274 Å². The van der Waals surface area contributed by atoms with Gasteiger partial charge in [0.2, 0.25) is 0 Å². The fourth-order valence-corrected chi connectivity index (χ4v) is 6.55. The molecule has 0 saturated carbocycles. The number of hydrogen-bond acceptors (Lipinski definition) is 4. The van der Waals surface area contributed by atoms with Crippen LogP contribution in [-0.2, 0) is 0 Å². The van der Waals surface area contributed by atoms with Gasteiger partial charge in [-0.2, -0.15) is 15.8 Å². The van der Waals surface area contributed by atoms with Crippen LogP contribution in [0, 0.1) is 47.1 Å². The van der Waals surface area contributed by atoms with Crippen LogP contribution in [0.15, 0.2) is 109 Å². The molecule has 5 aromatic carbocycles. The molecular formula is C40H18N8. The Balaban J connectivity index is 1.41. The predicted octanol–water partition coefficient (Wildman–Crippen LogP) is 9.66. The molecule has 0 aliphatic rings. The van der Waals surface area contributed by atoms with Gasteiger partial charge in [-0.3, -0.25) is 4.98 Å². The Morgan fingerprint density at radius 2 is 1.00 bits per heavy atom. The molecule has 0 aliphatic carbocycles. The Morgan fingerprint density at radius 1 is 0.521 bits per heavy atom. The summed E-state index contributed by atoms with van der Waals surface area (Å²) in [6.45, 7) is 15.2. The molecule has 0 N–H and O–H groups in total. The van der Waals surface area contributed by atoms with E-state index in [-0.39, 0.29) is 0 Å². The van der Waals surface area contributed by atoms with Crippen LogP contribution in [0.25, 0.3) is 75.9 Å². The molecule has 0 aliphatic heterocycles. The van der Waals surface area contributed by atoms with Crippen molar-refractivity contribution in [1.29, 1.82) is 15.8 Å². The Hall–Kier alpha value is -7.70. The lowest BCUT2D eigenvalue weighted by Gasteiger charge is -2.15. The minimum absolute atomic E-state index is 0.470. The maximum absolute atomic E-state index is 9.93. The maximum Gasteiger partial charge on any atom is 0.188 e. The lowest BCUT2D eigenvalue weighted by Crippen LogP contribution is -2.00. The number of aromatic nitrogens is 3. The average molecular weight is 611 g/mol. The lowest BCUT2D eigenvalue weighted by atomic mass is 10.0. The molecule has 8 heteroatoms. The number of hydrogen-bond donors (Lipinski definition) is 0. The van der Waals surface area contributed by atoms with Crippen molar-refractivity contribution in [2.45, 2.75) is 0 Å². The van der Waals surface area contributed by atoms with Crippen LogP contribution in [0.5, 0.6) is 0 Å². The smallest absolute Gasteiger partial charge is 0.188 e. The molecule has 0 unspecified atom stereocenters. The standard InChI is InChI=1S/C40H18N8/c1-44-27-6-11-38-32(18-27)33-19-28(45-2)7-12-39(33)48(38)40-10-5-26(23-43)17-34(40)35-20-29(13-14-46-35)47-36-8-3-24(21-41)15-30(36)31-16-25(22-42)4-9-37(31)47/h3-20H. The van der Waals surface area contributed by atoms with E-state index >= 15 is 0 Å². The number of nitrogens with zero attached hydrogens (tertiary/aromatic N) is 8. The number of fused-ring (bicyclic) bond motifs is 6. The lowest BCUT2D eigenvalue weighted by molar-refractivity contribution is 1.14. The first-order valence-corrected chi connectivity index (χ1v) is 14.8. The van der Waals surface area contributed by atoms with Crippen LogP contribution in [0.1, 0.15) is 16.7 Å². The summed E-state index contributed by atoms with van der Waals surface area (Å²) in [6, 6.07) is 38.2. The molecule has 8 nitrogen and oxygen atoms in total. The molecule has 0 atom stereocenters. The molecule has 218 valence electrons. The molecule has 0 saturated heterocycles. The molecule has 0 radical (unpaired) electrons. The van der Waals surface area contributed by atoms with E-state index in [4.69, 9.17) is 18.1 Å². The van der Waals surface area contributed by atoms with Gasteiger partial charge in [-0.05, 0) is 102 Å². The van der Waals surface area contributed by atoms with Crippen molar-refractivity contribution in [1.82, 2.24) is 14.1 Å². The summed E-state index contributed by atoms with van der Waals surface area (Å²) in [4.78, 5) is 12.1. The first kappa shape index (κ1) is 27.8. The van der Waals surface area contributed by atoms with Gasteiger partial charge in [0.15, 0.2) is 11.4 Å². The Bertz CT molecular complexity index is 2760. The zero-order valence-electron chi connectivity index (χ0n) is 25.0. The molecular weight excluding hydrogens is 592 g/mol. The zero-order valence-corrected chi connectivity index (χ0v) is 25.0. The van der Waals surface area contributed by atoms with E-state index in [0.29, 0.717) is 33.8 Å². The van der Waals surface area contributed by atoms with Crippen LogP contribution in [0.2, 0.25) is 0 Å². The topological polar surface area (TPSA) is 103 Å². The van der Waals surface area contributed by atoms with Gasteiger partial charge in [-0.15, -0.1) is 0 Å². The highest BCUT2D eigenvalue weighted by Crippen LogP contribution is 2.40.